The van der Waals surface area contributed by atoms with Crippen LogP contribution in [-0.4, -0.2) is 41.1 Å². The van der Waals surface area contributed by atoms with E-state index < -0.39 is 24.5 Å². The predicted molar refractivity (Wildman–Crippen MR) is 99.0 cm³/mol. The van der Waals surface area contributed by atoms with E-state index >= 15 is 0 Å². The molecule has 2 atom stereocenters. The number of amides is 1. The number of halogens is 2. The lowest BCUT2D eigenvalue weighted by Crippen LogP contribution is -2.37. The molecular weight excluding hydrogens is 370 g/mol. The number of aliphatic carboxylic acids is 1. The van der Waals surface area contributed by atoms with Crippen molar-refractivity contribution >= 4 is 23.3 Å². The van der Waals surface area contributed by atoms with E-state index in [0.717, 1.165) is 0 Å². The van der Waals surface area contributed by atoms with Gasteiger partial charge in [-0.2, -0.15) is 8.78 Å². The van der Waals surface area contributed by atoms with Crippen molar-refractivity contribution in [2.75, 3.05) is 11.9 Å². The van der Waals surface area contributed by atoms with Crippen molar-refractivity contribution < 1.29 is 28.2 Å². The summed E-state index contributed by atoms with van der Waals surface area (Å²) in [7, 11) is 0. The first-order valence-electron chi connectivity index (χ1n) is 8.81. The molecule has 3 rings (SSSR count). The molecule has 6 nitrogen and oxygen atoms in total. The number of carbonyl (C=O) groups is 2. The van der Waals surface area contributed by atoms with E-state index in [1.54, 1.807) is 48.2 Å². The summed E-state index contributed by atoms with van der Waals surface area (Å²) in [5.41, 5.74) is 1.55. The molecule has 0 radical (unpaired) electrons. The topological polar surface area (TPSA) is 78.9 Å². The molecule has 2 unspecified atom stereocenters. The number of benzene rings is 2. The van der Waals surface area contributed by atoms with Crippen LogP contribution in [0.15, 0.2) is 48.5 Å². The second kappa shape index (κ2) is 8.24. The maximum Gasteiger partial charge on any atom is 0.387 e. The highest BCUT2D eigenvalue weighted by Gasteiger charge is 2.38. The third-order valence-electron chi connectivity index (χ3n) is 4.85. The minimum atomic E-state index is -2.89. The van der Waals surface area contributed by atoms with Gasteiger partial charge in [-0.05, 0) is 49.7 Å². The zero-order valence-corrected chi connectivity index (χ0v) is 15.1. The molecular formula is C20H20F2N2O4. The molecule has 0 spiro atoms. The van der Waals surface area contributed by atoms with Crippen LogP contribution in [0.25, 0.3) is 0 Å². The molecule has 1 heterocycles. The molecule has 1 fully saturated rings. The second-order valence-corrected chi connectivity index (χ2v) is 6.55. The Morgan fingerprint density at radius 3 is 2.46 bits per heavy atom. The molecule has 0 saturated carbocycles. The van der Waals surface area contributed by atoms with Gasteiger partial charge in [-0.1, -0.05) is 12.1 Å². The van der Waals surface area contributed by atoms with Gasteiger partial charge in [0.1, 0.15) is 5.75 Å². The number of hydrogen-bond acceptors (Lipinski definition) is 4. The zero-order valence-electron chi connectivity index (χ0n) is 15.1. The number of ether oxygens (including phenoxy) is 1. The lowest BCUT2D eigenvalue weighted by Gasteiger charge is -2.24. The Kier molecular flexibility index (Phi) is 5.77. The largest absolute Gasteiger partial charge is 0.481 e. The fourth-order valence-electron chi connectivity index (χ4n) is 3.37. The number of nitrogens with one attached hydrogen (secondary N) is 1. The smallest absolute Gasteiger partial charge is 0.387 e. The van der Waals surface area contributed by atoms with Crippen LogP contribution in [-0.2, 0) is 4.79 Å². The summed E-state index contributed by atoms with van der Waals surface area (Å²) in [6.07, 6.45) is 0.420. The van der Waals surface area contributed by atoms with Crippen LogP contribution < -0.4 is 10.1 Å². The summed E-state index contributed by atoms with van der Waals surface area (Å²) in [6.45, 7) is -0.777. The third kappa shape index (κ3) is 4.21. The summed E-state index contributed by atoms with van der Waals surface area (Å²) in [6, 6.07) is 12.4. The Labute approximate surface area is 160 Å². The highest BCUT2D eigenvalue weighted by Crippen LogP contribution is 2.29. The predicted octanol–water partition coefficient (Wildman–Crippen LogP) is 3.97. The first-order chi connectivity index (χ1) is 13.4. The Balaban J connectivity index is 1.78. The maximum absolute atomic E-state index is 13.0. The van der Waals surface area contributed by atoms with E-state index in [2.05, 4.69) is 10.1 Å². The van der Waals surface area contributed by atoms with Gasteiger partial charge >= 0.3 is 12.6 Å². The number of rotatable bonds is 6. The van der Waals surface area contributed by atoms with Crippen LogP contribution in [0.1, 0.15) is 23.7 Å². The SMILES string of the molecule is CC1C(C(=O)O)CCN1C(=O)c1ccccc1Nc1ccc(OC(F)F)cc1. The molecule has 0 bridgehead atoms. The van der Waals surface area contributed by atoms with Gasteiger partial charge in [0.25, 0.3) is 5.91 Å². The van der Waals surface area contributed by atoms with Crippen molar-refractivity contribution in [3.05, 3.63) is 54.1 Å². The standard InChI is InChI=1S/C20H20F2N2O4/c1-12-15(19(26)27)10-11-24(12)18(25)16-4-2-3-5-17(16)23-13-6-8-14(9-7-13)28-20(21)22/h2-9,12,15,20,23H,10-11H2,1H3,(H,26,27). The molecule has 1 saturated heterocycles. The van der Waals surface area contributed by atoms with E-state index in [1.165, 1.54) is 12.1 Å². The lowest BCUT2D eigenvalue weighted by atomic mass is 10.0. The van der Waals surface area contributed by atoms with Crippen LogP contribution in [0.4, 0.5) is 20.2 Å². The van der Waals surface area contributed by atoms with Crippen LogP contribution >= 0.6 is 0 Å². The van der Waals surface area contributed by atoms with Crippen LogP contribution in [0.5, 0.6) is 5.75 Å². The molecule has 2 aromatic carbocycles. The highest BCUT2D eigenvalue weighted by atomic mass is 19.3. The van der Waals surface area contributed by atoms with Crippen molar-refractivity contribution in [1.29, 1.82) is 0 Å². The number of nitrogens with zero attached hydrogens (tertiary/aromatic N) is 1. The van der Waals surface area contributed by atoms with Gasteiger partial charge in [-0.25, -0.2) is 0 Å². The molecule has 8 heteroatoms. The Morgan fingerprint density at radius 2 is 1.86 bits per heavy atom. The van der Waals surface area contributed by atoms with Gasteiger partial charge in [-0.3, -0.25) is 9.59 Å². The van der Waals surface area contributed by atoms with Crippen LogP contribution in [0.2, 0.25) is 0 Å². The average molecular weight is 390 g/mol. The van der Waals surface area contributed by atoms with Gasteiger partial charge in [-0.15, -0.1) is 0 Å². The van der Waals surface area contributed by atoms with Crippen molar-refractivity contribution in [3.63, 3.8) is 0 Å². The molecule has 148 valence electrons. The Bertz CT molecular complexity index is 858. The highest BCUT2D eigenvalue weighted by molar-refractivity contribution is 6.01. The second-order valence-electron chi connectivity index (χ2n) is 6.55. The van der Waals surface area contributed by atoms with Gasteiger partial charge in [0.15, 0.2) is 0 Å². The van der Waals surface area contributed by atoms with Gasteiger partial charge in [0.05, 0.1) is 17.2 Å². The Morgan fingerprint density at radius 1 is 1.18 bits per heavy atom. The summed E-state index contributed by atoms with van der Waals surface area (Å²) in [5.74, 6) is -1.70. The molecule has 28 heavy (non-hydrogen) atoms. The number of para-hydroxylation sites is 1. The van der Waals surface area contributed by atoms with E-state index in [1.807, 2.05) is 0 Å². The summed E-state index contributed by atoms with van der Waals surface area (Å²) < 4.78 is 28.8. The van der Waals surface area contributed by atoms with Crippen molar-refractivity contribution in [1.82, 2.24) is 4.90 Å². The average Bonchev–Trinajstić information content (AvgIpc) is 3.04. The van der Waals surface area contributed by atoms with Crippen molar-refractivity contribution in [2.24, 2.45) is 5.92 Å². The summed E-state index contributed by atoms with van der Waals surface area (Å²) in [5, 5.41) is 12.4. The van der Waals surface area contributed by atoms with Crippen molar-refractivity contribution in [3.8, 4) is 5.75 Å². The van der Waals surface area contributed by atoms with E-state index in [9.17, 15) is 23.5 Å². The number of carbonyl (C=O) groups excluding carboxylic acids is 1. The molecule has 1 aliphatic rings. The number of carboxylic acid groups (broad SMARTS) is 1. The third-order valence-corrected chi connectivity index (χ3v) is 4.85. The first-order valence-corrected chi connectivity index (χ1v) is 8.81. The Hall–Kier alpha value is -3.16. The van der Waals surface area contributed by atoms with E-state index in [0.29, 0.717) is 29.9 Å². The van der Waals surface area contributed by atoms with Gasteiger partial charge in [0, 0.05) is 18.3 Å². The van der Waals surface area contributed by atoms with Crippen LogP contribution in [0, 0.1) is 5.92 Å². The van der Waals surface area contributed by atoms with Crippen LogP contribution in [0.3, 0.4) is 0 Å². The quantitative estimate of drug-likeness (QED) is 0.780. The minimum Gasteiger partial charge on any atom is -0.481 e. The first kappa shape index (κ1) is 19.6. The minimum absolute atomic E-state index is 0.0375. The summed E-state index contributed by atoms with van der Waals surface area (Å²) >= 11 is 0. The van der Waals surface area contributed by atoms with E-state index in [4.69, 9.17) is 0 Å². The number of likely N-dealkylation sites (tertiary alicyclic amines) is 1. The monoisotopic (exact) mass is 390 g/mol. The molecule has 0 aliphatic carbocycles. The number of carboxylic acids is 1. The van der Waals surface area contributed by atoms with Crippen molar-refractivity contribution in [2.45, 2.75) is 26.0 Å². The summed E-state index contributed by atoms with van der Waals surface area (Å²) in [4.78, 5) is 25.9. The normalized spacial score (nSPS) is 18.9. The molecule has 2 aromatic rings. The van der Waals surface area contributed by atoms with Gasteiger partial charge < -0.3 is 20.1 Å². The fourth-order valence-corrected chi connectivity index (χ4v) is 3.37. The number of hydrogen-bond donors (Lipinski definition) is 2. The zero-order chi connectivity index (χ0) is 20.3. The lowest BCUT2D eigenvalue weighted by molar-refractivity contribution is -0.142. The number of anilines is 2. The van der Waals surface area contributed by atoms with E-state index in [-0.39, 0.29) is 11.7 Å². The maximum atomic E-state index is 13.0. The molecule has 1 aliphatic heterocycles. The molecule has 2 N–H and O–H groups in total. The molecule has 1 amide bonds. The number of alkyl halides is 2. The fraction of sp³-hybridized carbons (Fsp3) is 0.300. The van der Waals surface area contributed by atoms with Gasteiger partial charge in [0.2, 0.25) is 0 Å². The molecule has 0 aromatic heterocycles.